The van der Waals surface area contributed by atoms with Crippen LogP contribution in [0, 0.1) is 25.1 Å². The van der Waals surface area contributed by atoms with Crippen molar-refractivity contribution >= 4 is 22.6 Å². The summed E-state index contributed by atoms with van der Waals surface area (Å²) in [5.41, 5.74) is 3.08. The molecule has 1 aromatic carbocycles. The number of hydrogen-bond acceptors (Lipinski definition) is 3. The molecular formula is C23H29FN2O2. The standard InChI is InChI=1S/C23H29FN2O2/c1-14-12-25-18-9-8-16(20(24)19(18)15(14)2)17-10-11-26(13-23(17,6)7)21(27)28-22(3,4)5/h8-10,12H,11,13H2,1-7H3. The van der Waals surface area contributed by atoms with Gasteiger partial charge in [0.05, 0.1) is 5.52 Å². The molecule has 4 nitrogen and oxygen atoms in total. The molecule has 1 aromatic heterocycles. The van der Waals surface area contributed by atoms with Crippen molar-refractivity contribution in [2.75, 3.05) is 13.1 Å². The quantitative estimate of drug-likeness (QED) is 0.638. The van der Waals surface area contributed by atoms with Crippen molar-refractivity contribution in [3.05, 3.63) is 46.9 Å². The molecule has 0 saturated heterocycles. The van der Waals surface area contributed by atoms with Gasteiger partial charge in [0.1, 0.15) is 11.4 Å². The molecule has 0 N–H and O–H groups in total. The van der Waals surface area contributed by atoms with Gasteiger partial charge in [-0.2, -0.15) is 0 Å². The van der Waals surface area contributed by atoms with E-state index < -0.39 is 11.0 Å². The maximum absolute atomic E-state index is 15.5. The van der Waals surface area contributed by atoms with Crippen LogP contribution in [0.2, 0.25) is 0 Å². The largest absolute Gasteiger partial charge is 0.444 e. The predicted molar refractivity (Wildman–Crippen MR) is 111 cm³/mol. The molecule has 2 heterocycles. The van der Waals surface area contributed by atoms with Crippen molar-refractivity contribution in [2.45, 2.75) is 54.1 Å². The lowest BCUT2D eigenvalue weighted by molar-refractivity contribution is 0.0219. The van der Waals surface area contributed by atoms with E-state index in [2.05, 4.69) is 4.98 Å². The first kappa shape index (κ1) is 20.3. The summed E-state index contributed by atoms with van der Waals surface area (Å²) in [5, 5.41) is 0.573. The lowest BCUT2D eigenvalue weighted by Gasteiger charge is -2.39. The molecule has 0 atom stereocenters. The van der Waals surface area contributed by atoms with E-state index in [4.69, 9.17) is 4.74 Å². The average Bonchev–Trinajstić information content (AvgIpc) is 2.56. The van der Waals surface area contributed by atoms with Crippen LogP contribution in [0.1, 0.15) is 51.3 Å². The highest BCUT2D eigenvalue weighted by atomic mass is 19.1. The summed E-state index contributed by atoms with van der Waals surface area (Å²) in [7, 11) is 0. The number of nitrogens with zero attached hydrogens (tertiary/aromatic N) is 2. The van der Waals surface area contributed by atoms with Gasteiger partial charge in [-0.15, -0.1) is 0 Å². The molecule has 2 aromatic rings. The van der Waals surface area contributed by atoms with Crippen molar-refractivity contribution in [3.8, 4) is 0 Å². The van der Waals surface area contributed by atoms with E-state index in [9.17, 15) is 4.79 Å². The maximum atomic E-state index is 15.5. The molecular weight excluding hydrogens is 355 g/mol. The third-order valence-electron chi connectivity index (χ3n) is 5.26. The lowest BCUT2D eigenvalue weighted by Crippen LogP contribution is -2.45. The molecule has 0 fully saturated rings. The van der Waals surface area contributed by atoms with Crippen LogP contribution in [-0.4, -0.2) is 34.7 Å². The number of carbonyl (C=O) groups is 1. The van der Waals surface area contributed by atoms with E-state index in [1.165, 1.54) is 0 Å². The SMILES string of the molecule is Cc1cnc2ccc(C3=CCN(C(=O)OC(C)(C)C)CC3(C)C)c(F)c2c1C. The molecule has 0 bridgehead atoms. The number of pyridine rings is 1. The van der Waals surface area contributed by atoms with Crippen LogP contribution in [0.4, 0.5) is 9.18 Å². The molecule has 0 saturated carbocycles. The fraction of sp³-hybridized carbons (Fsp3) is 0.478. The zero-order valence-electron chi connectivity index (χ0n) is 17.8. The van der Waals surface area contributed by atoms with Gasteiger partial charge in [0.2, 0.25) is 0 Å². The molecule has 28 heavy (non-hydrogen) atoms. The molecule has 0 aliphatic carbocycles. The van der Waals surface area contributed by atoms with Crippen molar-refractivity contribution in [1.29, 1.82) is 0 Å². The van der Waals surface area contributed by atoms with Crippen molar-refractivity contribution in [1.82, 2.24) is 9.88 Å². The van der Waals surface area contributed by atoms with Crippen molar-refractivity contribution in [2.24, 2.45) is 5.41 Å². The van der Waals surface area contributed by atoms with Crippen LogP contribution in [0.25, 0.3) is 16.5 Å². The molecule has 1 aliphatic heterocycles. The van der Waals surface area contributed by atoms with Gasteiger partial charge in [-0.05, 0) is 63.5 Å². The van der Waals surface area contributed by atoms with Gasteiger partial charge in [-0.25, -0.2) is 9.18 Å². The van der Waals surface area contributed by atoms with E-state index >= 15 is 4.39 Å². The molecule has 3 rings (SSSR count). The van der Waals surface area contributed by atoms with E-state index in [0.29, 0.717) is 29.6 Å². The van der Waals surface area contributed by atoms with Crippen LogP contribution >= 0.6 is 0 Å². The van der Waals surface area contributed by atoms with E-state index in [0.717, 1.165) is 16.7 Å². The first-order chi connectivity index (χ1) is 12.9. The second-order valence-corrected chi connectivity index (χ2v) is 9.25. The molecule has 1 amide bonds. The Morgan fingerprint density at radius 1 is 1.25 bits per heavy atom. The number of carbonyl (C=O) groups excluding carboxylic acids is 1. The van der Waals surface area contributed by atoms with Crippen molar-refractivity contribution < 1.29 is 13.9 Å². The molecule has 0 spiro atoms. The van der Waals surface area contributed by atoms with Gasteiger partial charge >= 0.3 is 6.09 Å². The maximum Gasteiger partial charge on any atom is 0.410 e. The third-order valence-corrected chi connectivity index (χ3v) is 5.26. The minimum Gasteiger partial charge on any atom is -0.444 e. The number of aromatic nitrogens is 1. The summed E-state index contributed by atoms with van der Waals surface area (Å²) >= 11 is 0. The number of hydrogen-bond donors (Lipinski definition) is 0. The number of halogens is 1. The smallest absolute Gasteiger partial charge is 0.410 e. The predicted octanol–water partition coefficient (Wildman–Crippen LogP) is 5.65. The summed E-state index contributed by atoms with van der Waals surface area (Å²) in [6.07, 6.45) is 3.38. The minimum atomic E-state index is -0.544. The molecule has 150 valence electrons. The van der Waals surface area contributed by atoms with Crippen LogP contribution in [0.5, 0.6) is 0 Å². The van der Waals surface area contributed by atoms with Crippen LogP contribution < -0.4 is 0 Å². The minimum absolute atomic E-state index is 0.240. The van der Waals surface area contributed by atoms with Crippen molar-refractivity contribution in [3.63, 3.8) is 0 Å². The zero-order chi connectivity index (χ0) is 20.9. The fourth-order valence-electron chi connectivity index (χ4n) is 3.74. The Bertz CT molecular complexity index is 971. The molecule has 5 heteroatoms. The Morgan fingerprint density at radius 2 is 1.93 bits per heavy atom. The normalized spacial score (nSPS) is 16.9. The molecule has 0 unspecified atom stereocenters. The van der Waals surface area contributed by atoms with E-state index in [1.54, 1.807) is 17.2 Å². The second-order valence-electron chi connectivity index (χ2n) is 9.25. The number of ether oxygens (including phenoxy) is 1. The topological polar surface area (TPSA) is 42.4 Å². The van der Waals surface area contributed by atoms with Crippen LogP contribution in [-0.2, 0) is 4.74 Å². The highest BCUT2D eigenvalue weighted by molar-refractivity contribution is 5.88. The van der Waals surface area contributed by atoms with Gasteiger partial charge in [0.15, 0.2) is 0 Å². The summed E-state index contributed by atoms with van der Waals surface area (Å²) in [4.78, 5) is 18.5. The first-order valence-corrected chi connectivity index (χ1v) is 9.64. The van der Waals surface area contributed by atoms with Crippen LogP contribution in [0.15, 0.2) is 24.4 Å². The summed E-state index contributed by atoms with van der Waals surface area (Å²) in [6, 6.07) is 3.67. The van der Waals surface area contributed by atoms with Gasteiger partial charge < -0.3 is 9.64 Å². The van der Waals surface area contributed by atoms with Gasteiger partial charge in [-0.1, -0.05) is 19.9 Å². The van der Waals surface area contributed by atoms with E-state index in [-0.39, 0.29) is 11.9 Å². The first-order valence-electron chi connectivity index (χ1n) is 9.64. The monoisotopic (exact) mass is 384 g/mol. The van der Waals surface area contributed by atoms with Gasteiger partial charge in [0, 0.05) is 35.7 Å². The lowest BCUT2D eigenvalue weighted by atomic mass is 9.77. The fourth-order valence-corrected chi connectivity index (χ4v) is 3.74. The Morgan fingerprint density at radius 3 is 2.54 bits per heavy atom. The van der Waals surface area contributed by atoms with Gasteiger partial charge in [0.25, 0.3) is 0 Å². The van der Waals surface area contributed by atoms with Crippen LogP contribution in [0.3, 0.4) is 0 Å². The number of rotatable bonds is 1. The van der Waals surface area contributed by atoms with Gasteiger partial charge in [-0.3, -0.25) is 4.98 Å². The average molecular weight is 384 g/mol. The summed E-state index contributed by atoms with van der Waals surface area (Å²) in [6.45, 7) is 14.3. The summed E-state index contributed by atoms with van der Waals surface area (Å²) < 4.78 is 21.0. The Labute approximate surface area is 166 Å². The Hall–Kier alpha value is -2.43. The molecule has 0 radical (unpaired) electrons. The molecule has 1 aliphatic rings. The zero-order valence-corrected chi connectivity index (χ0v) is 17.8. The highest BCUT2D eigenvalue weighted by Gasteiger charge is 2.35. The number of fused-ring (bicyclic) bond motifs is 1. The Kier molecular flexibility index (Phi) is 4.98. The number of amides is 1. The second kappa shape index (κ2) is 6.87. The Balaban J connectivity index is 2.01. The highest BCUT2D eigenvalue weighted by Crippen LogP contribution is 2.41. The summed E-state index contributed by atoms with van der Waals surface area (Å²) in [5.74, 6) is -0.240. The third kappa shape index (κ3) is 3.75. The van der Waals surface area contributed by atoms with E-state index in [1.807, 2.05) is 60.6 Å². The number of benzene rings is 1. The number of aryl methyl sites for hydroxylation is 2.